The smallest absolute Gasteiger partial charge is 0.404 e. The van der Waals surface area contributed by atoms with Crippen LogP contribution in [0.4, 0.5) is 4.79 Å². The van der Waals surface area contributed by atoms with Crippen molar-refractivity contribution >= 4 is 6.09 Å². The van der Waals surface area contributed by atoms with Gasteiger partial charge in [-0.15, -0.1) is 0 Å². The molecule has 1 atom stereocenters. The first-order valence-corrected chi connectivity index (χ1v) is 7.07. The Bertz CT molecular complexity index is 462. The summed E-state index contributed by atoms with van der Waals surface area (Å²) < 4.78 is 5.29. The maximum atomic E-state index is 10.4. The molecule has 0 fully saturated rings. The van der Waals surface area contributed by atoms with Crippen molar-refractivity contribution in [3.63, 3.8) is 0 Å². The standard InChI is InChI=1S/C15H22N2O3/c1-20-12-7-6-11-4-2-5-14(13(11)10-12)16-8-3-9-17-15(18)19/h6-7,10,14,16-17H,2-5,8-9H2,1H3,(H,18,19). The molecule has 0 aromatic heterocycles. The summed E-state index contributed by atoms with van der Waals surface area (Å²) in [7, 11) is 1.69. The lowest BCUT2D eigenvalue weighted by Gasteiger charge is -2.27. The third kappa shape index (κ3) is 3.87. The van der Waals surface area contributed by atoms with Crippen molar-refractivity contribution in [1.82, 2.24) is 10.6 Å². The predicted molar refractivity (Wildman–Crippen MR) is 77.3 cm³/mol. The second kappa shape index (κ2) is 7.14. The molecular weight excluding hydrogens is 256 g/mol. The number of aryl methyl sites for hydroxylation is 1. The maximum absolute atomic E-state index is 10.4. The van der Waals surface area contributed by atoms with Gasteiger partial charge in [-0.05, 0) is 55.5 Å². The van der Waals surface area contributed by atoms with E-state index in [0.717, 1.165) is 31.6 Å². The topological polar surface area (TPSA) is 70.6 Å². The summed E-state index contributed by atoms with van der Waals surface area (Å²) >= 11 is 0. The van der Waals surface area contributed by atoms with Gasteiger partial charge in [0.05, 0.1) is 7.11 Å². The minimum Gasteiger partial charge on any atom is -0.497 e. The molecule has 0 aliphatic heterocycles. The number of fused-ring (bicyclic) bond motifs is 1. The molecule has 20 heavy (non-hydrogen) atoms. The number of amides is 1. The number of hydrogen-bond acceptors (Lipinski definition) is 3. The van der Waals surface area contributed by atoms with Crippen LogP contribution in [0, 0.1) is 0 Å². The van der Waals surface area contributed by atoms with Gasteiger partial charge in [0.1, 0.15) is 5.75 Å². The lowest BCUT2D eigenvalue weighted by atomic mass is 9.87. The van der Waals surface area contributed by atoms with Crippen molar-refractivity contribution in [2.45, 2.75) is 31.7 Å². The van der Waals surface area contributed by atoms with Gasteiger partial charge in [-0.2, -0.15) is 0 Å². The van der Waals surface area contributed by atoms with Crippen LogP contribution in [0.15, 0.2) is 18.2 Å². The van der Waals surface area contributed by atoms with Crippen LogP contribution in [0.3, 0.4) is 0 Å². The number of hydrogen-bond donors (Lipinski definition) is 3. The molecule has 1 aliphatic carbocycles. The molecule has 1 aliphatic rings. The Kier molecular flexibility index (Phi) is 5.24. The number of nitrogens with one attached hydrogen (secondary N) is 2. The van der Waals surface area contributed by atoms with Gasteiger partial charge in [0.2, 0.25) is 0 Å². The second-order valence-corrected chi connectivity index (χ2v) is 5.05. The molecule has 5 nitrogen and oxygen atoms in total. The summed E-state index contributed by atoms with van der Waals surface area (Å²) in [5.74, 6) is 0.894. The van der Waals surface area contributed by atoms with E-state index in [1.54, 1.807) is 7.11 Å². The molecule has 0 saturated heterocycles. The van der Waals surface area contributed by atoms with Gasteiger partial charge in [0.15, 0.2) is 0 Å². The maximum Gasteiger partial charge on any atom is 0.404 e. The van der Waals surface area contributed by atoms with Crippen LogP contribution in [-0.4, -0.2) is 31.4 Å². The number of methoxy groups -OCH3 is 1. The van der Waals surface area contributed by atoms with Crippen molar-refractivity contribution in [2.24, 2.45) is 0 Å². The number of carboxylic acid groups (broad SMARTS) is 1. The zero-order chi connectivity index (χ0) is 14.4. The summed E-state index contributed by atoms with van der Waals surface area (Å²) in [6.07, 6.45) is 3.26. The highest BCUT2D eigenvalue weighted by molar-refractivity contribution is 5.64. The largest absolute Gasteiger partial charge is 0.497 e. The van der Waals surface area contributed by atoms with Crippen LogP contribution < -0.4 is 15.4 Å². The average Bonchev–Trinajstić information content (AvgIpc) is 2.46. The molecule has 3 N–H and O–H groups in total. The van der Waals surface area contributed by atoms with E-state index in [0.29, 0.717) is 12.6 Å². The van der Waals surface area contributed by atoms with E-state index in [-0.39, 0.29) is 0 Å². The van der Waals surface area contributed by atoms with E-state index in [2.05, 4.69) is 22.8 Å². The van der Waals surface area contributed by atoms with Crippen LogP contribution >= 0.6 is 0 Å². The molecule has 1 amide bonds. The first kappa shape index (κ1) is 14.7. The Balaban J connectivity index is 1.89. The summed E-state index contributed by atoms with van der Waals surface area (Å²) in [6.45, 7) is 1.29. The lowest BCUT2D eigenvalue weighted by Crippen LogP contribution is -2.29. The molecular formula is C15H22N2O3. The molecule has 5 heteroatoms. The molecule has 1 aromatic carbocycles. The van der Waals surface area contributed by atoms with E-state index in [9.17, 15) is 4.79 Å². The minimum atomic E-state index is -0.960. The summed E-state index contributed by atoms with van der Waals surface area (Å²) in [5, 5.41) is 14.4. The molecule has 0 bridgehead atoms. The van der Waals surface area contributed by atoms with Gasteiger partial charge in [0, 0.05) is 12.6 Å². The first-order valence-electron chi connectivity index (χ1n) is 7.07. The van der Waals surface area contributed by atoms with Crippen molar-refractivity contribution in [3.8, 4) is 5.75 Å². The molecule has 0 heterocycles. The molecule has 1 unspecified atom stereocenters. The van der Waals surface area contributed by atoms with Crippen LogP contribution in [0.5, 0.6) is 5.75 Å². The number of rotatable bonds is 6. The highest BCUT2D eigenvalue weighted by Gasteiger charge is 2.20. The van der Waals surface area contributed by atoms with Gasteiger partial charge in [-0.1, -0.05) is 6.07 Å². The SMILES string of the molecule is COc1ccc2c(c1)C(NCCCNC(=O)O)CCC2. The number of ether oxygens (including phenoxy) is 1. The highest BCUT2D eigenvalue weighted by atomic mass is 16.5. The van der Waals surface area contributed by atoms with Gasteiger partial charge in [-0.3, -0.25) is 0 Å². The Morgan fingerprint density at radius 1 is 1.45 bits per heavy atom. The summed E-state index contributed by atoms with van der Waals surface area (Å²) in [5.41, 5.74) is 2.71. The zero-order valence-corrected chi connectivity index (χ0v) is 11.8. The predicted octanol–water partition coefficient (Wildman–Crippen LogP) is 2.32. The van der Waals surface area contributed by atoms with Crippen LogP contribution in [0.2, 0.25) is 0 Å². The fraction of sp³-hybridized carbons (Fsp3) is 0.533. The highest BCUT2D eigenvalue weighted by Crippen LogP contribution is 2.32. The van der Waals surface area contributed by atoms with Gasteiger partial charge < -0.3 is 20.5 Å². The van der Waals surface area contributed by atoms with E-state index in [1.807, 2.05) is 6.07 Å². The summed E-state index contributed by atoms with van der Waals surface area (Å²) in [6, 6.07) is 6.62. The van der Waals surface area contributed by atoms with E-state index in [1.165, 1.54) is 17.5 Å². The fourth-order valence-corrected chi connectivity index (χ4v) is 2.68. The van der Waals surface area contributed by atoms with Crippen molar-refractivity contribution < 1.29 is 14.6 Å². The monoisotopic (exact) mass is 278 g/mol. The Hall–Kier alpha value is -1.75. The quantitative estimate of drug-likeness (QED) is 0.698. The first-order chi connectivity index (χ1) is 9.70. The lowest BCUT2D eigenvalue weighted by molar-refractivity contribution is 0.194. The van der Waals surface area contributed by atoms with Gasteiger partial charge >= 0.3 is 6.09 Å². The molecule has 1 aromatic rings. The molecule has 0 saturated carbocycles. The third-order valence-electron chi connectivity index (χ3n) is 3.69. The van der Waals surface area contributed by atoms with Gasteiger partial charge in [-0.25, -0.2) is 4.79 Å². The average molecular weight is 278 g/mol. The Labute approximate surface area is 119 Å². The van der Waals surface area contributed by atoms with Gasteiger partial charge in [0.25, 0.3) is 0 Å². The fourth-order valence-electron chi connectivity index (χ4n) is 2.68. The van der Waals surface area contributed by atoms with E-state index < -0.39 is 6.09 Å². The van der Waals surface area contributed by atoms with Crippen molar-refractivity contribution in [2.75, 3.05) is 20.2 Å². The summed E-state index contributed by atoms with van der Waals surface area (Å²) in [4.78, 5) is 10.4. The van der Waals surface area contributed by atoms with Crippen LogP contribution in [-0.2, 0) is 6.42 Å². The molecule has 110 valence electrons. The Morgan fingerprint density at radius 2 is 2.30 bits per heavy atom. The molecule has 0 radical (unpaired) electrons. The molecule has 2 rings (SSSR count). The van der Waals surface area contributed by atoms with Crippen molar-refractivity contribution in [3.05, 3.63) is 29.3 Å². The normalized spacial score (nSPS) is 17.4. The van der Waals surface area contributed by atoms with E-state index in [4.69, 9.17) is 9.84 Å². The number of benzene rings is 1. The minimum absolute atomic E-state index is 0.346. The Morgan fingerprint density at radius 3 is 3.05 bits per heavy atom. The van der Waals surface area contributed by atoms with Crippen LogP contribution in [0.1, 0.15) is 36.4 Å². The second-order valence-electron chi connectivity index (χ2n) is 5.05. The van der Waals surface area contributed by atoms with E-state index >= 15 is 0 Å². The third-order valence-corrected chi connectivity index (χ3v) is 3.69. The van der Waals surface area contributed by atoms with Crippen LogP contribution in [0.25, 0.3) is 0 Å². The zero-order valence-electron chi connectivity index (χ0n) is 11.8. The van der Waals surface area contributed by atoms with Crippen molar-refractivity contribution in [1.29, 1.82) is 0 Å². The molecule has 0 spiro atoms. The number of carbonyl (C=O) groups is 1.